The smallest absolute Gasteiger partial charge is 0.277 e. The molecule has 7 heteroatoms. The summed E-state index contributed by atoms with van der Waals surface area (Å²) in [6.07, 6.45) is 4.60. The lowest BCUT2D eigenvalue weighted by Gasteiger charge is -2.07. The van der Waals surface area contributed by atoms with Crippen molar-refractivity contribution in [1.29, 1.82) is 10.9 Å². The molecule has 116 valence electrons. The van der Waals surface area contributed by atoms with Crippen molar-refractivity contribution in [3.63, 3.8) is 0 Å². The molecule has 0 aliphatic heterocycles. The summed E-state index contributed by atoms with van der Waals surface area (Å²) >= 11 is 0. The minimum absolute atomic E-state index is 0.0815. The maximum absolute atomic E-state index is 12.1. The number of carbonyl (C=O) groups excluding carboxylic acids is 1. The Morgan fingerprint density at radius 2 is 1.87 bits per heavy atom. The van der Waals surface area contributed by atoms with Gasteiger partial charge < -0.3 is 10.1 Å². The number of hydrogen-bond acceptors (Lipinski definition) is 6. The fourth-order valence-corrected chi connectivity index (χ4v) is 1.77. The van der Waals surface area contributed by atoms with E-state index in [9.17, 15) is 4.79 Å². The quantitative estimate of drug-likeness (QED) is 0.341. The minimum Gasteiger partial charge on any atom is -0.497 e. The van der Waals surface area contributed by atoms with Crippen molar-refractivity contribution in [2.75, 3.05) is 7.11 Å². The molecule has 0 bridgehead atoms. The average Bonchev–Trinajstić information content (AvgIpc) is 2.60. The molecule has 0 spiro atoms. The number of benzene rings is 1. The molecule has 3 N–H and O–H groups in total. The zero-order valence-corrected chi connectivity index (χ0v) is 12.4. The van der Waals surface area contributed by atoms with Crippen LogP contribution in [-0.4, -0.2) is 23.8 Å². The Hall–Kier alpha value is -3.35. The Bertz CT molecular complexity index is 739. The van der Waals surface area contributed by atoms with E-state index < -0.39 is 5.91 Å². The first-order chi connectivity index (χ1) is 11.1. The van der Waals surface area contributed by atoms with Gasteiger partial charge >= 0.3 is 0 Å². The van der Waals surface area contributed by atoms with Gasteiger partial charge in [-0.3, -0.25) is 15.2 Å². The second-order valence-corrected chi connectivity index (χ2v) is 4.48. The fourth-order valence-electron chi connectivity index (χ4n) is 1.77. The summed E-state index contributed by atoms with van der Waals surface area (Å²) in [7, 11) is 1.55. The Morgan fingerprint density at radius 1 is 1.22 bits per heavy atom. The predicted octanol–water partition coefficient (Wildman–Crippen LogP) is 2.60. The molecule has 2 rings (SSSR count). The molecule has 23 heavy (non-hydrogen) atoms. The molecule has 0 aliphatic carbocycles. The number of methoxy groups -OCH3 is 1. The lowest BCUT2D eigenvalue weighted by molar-refractivity contribution is -0.116. The molecule has 1 heterocycles. The van der Waals surface area contributed by atoms with Crippen LogP contribution in [0.4, 0.5) is 0 Å². The Morgan fingerprint density at radius 3 is 2.43 bits per heavy atom. The highest BCUT2D eigenvalue weighted by Gasteiger charge is 2.12. The predicted molar refractivity (Wildman–Crippen MR) is 85.3 cm³/mol. The van der Waals surface area contributed by atoms with E-state index in [0.717, 1.165) is 0 Å². The monoisotopic (exact) mass is 309 g/mol. The van der Waals surface area contributed by atoms with Gasteiger partial charge in [0.25, 0.3) is 5.91 Å². The van der Waals surface area contributed by atoms with Gasteiger partial charge in [0, 0.05) is 18.0 Å². The fraction of sp³-hybridized carbons (Fsp3) is 0.0625. The highest BCUT2D eigenvalue weighted by molar-refractivity contribution is 6.12. The summed E-state index contributed by atoms with van der Waals surface area (Å²) in [6.45, 7) is 0. The number of nitrogens with zero attached hydrogens (tertiary/aromatic N) is 2. The Balaban J connectivity index is 2.11. The normalized spacial score (nSPS) is 10.7. The second kappa shape index (κ2) is 7.60. The molecule has 1 aromatic carbocycles. The van der Waals surface area contributed by atoms with Gasteiger partial charge in [0.05, 0.1) is 7.11 Å². The van der Waals surface area contributed by atoms with E-state index in [1.54, 1.807) is 55.9 Å². The standard InChI is InChI=1S/C16H15N5O2/c1-23-13-4-2-12(3-5-13)15(17)20-16(22)14(21-18)10-11-6-8-19-9-7-11/h2-10,18H,1H3,(H2,17,20,22)/b14-10+,21-18?. The molecular weight excluding hydrogens is 294 g/mol. The SMILES string of the molecule is COc1ccc(C(=N)NC(=O)/C(=C\c2ccncc2)N=N)cc1. The third-order valence-electron chi connectivity index (χ3n) is 2.98. The second-order valence-electron chi connectivity index (χ2n) is 4.48. The first-order valence-electron chi connectivity index (χ1n) is 6.67. The van der Waals surface area contributed by atoms with E-state index in [0.29, 0.717) is 16.9 Å². The Labute approximate surface area is 133 Å². The van der Waals surface area contributed by atoms with E-state index in [-0.39, 0.29) is 11.5 Å². The number of ether oxygens (including phenoxy) is 1. The molecule has 0 aliphatic rings. The molecule has 2 aromatic rings. The van der Waals surface area contributed by atoms with Crippen molar-refractivity contribution >= 4 is 17.8 Å². The van der Waals surface area contributed by atoms with Crippen LogP contribution in [0.2, 0.25) is 0 Å². The van der Waals surface area contributed by atoms with Gasteiger partial charge in [-0.2, -0.15) is 5.11 Å². The number of amides is 1. The topological polar surface area (TPSA) is 111 Å². The van der Waals surface area contributed by atoms with E-state index in [4.69, 9.17) is 15.7 Å². The number of rotatable bonds is 5. The minimum atomic E-state index is -0.627. The van der Waals surface area contributed by atoms with Crippen molar-refractivity contribution in [2.45, 2.75) is 0 Å². The summed E-state index contributed by atoms with van der Waals surface area (Å²) in [5.74, 6) is -0.0492. The Kier molecular flexibility index (Phi) is 5.30. The third-order valence-corrected chi connectivity index (χ3v) is 2.98. The number of aromatic nitrogens is 1. The zero-order valence-electron chi connectivity index (χ0n) is 12.4. The van der Waals surface area contributed by atoms with Crippen molar-refractivity contribution in [1.82, 2.24) is 10.3 Å². The van der Waals surface area contributed by atoms with E-state index >= 15 is 0 Å². The molecule has 0 saturated carbocycles. The van der Waals surface area contributed by atoms with Crippen molar-refractivity contribution < 1.29 is 9.53 Å². The van der Waals surface area contributed by atoms with E-state index in [1.807, 2.05) is 0 Å². The summed E-state index contributed by atoms with van der Waals surface area (Å²) in [5.41, 5.74) is 8.25. The van der Waals surface area contributed by atoms with Crippen LogP contribution in [0.25, 0.3) is 6.08 Å². The largest absolute Gasteiger partial charge is 0.497 e. The summed E-state index contributed by atoms with van der Waals surface area (Å²) < 4.78 is 5.04. The van der Waals surface area contributed by atoms with Gasteiger partial charge in [0.15, 0.2) is 5.70 Å². The van der Waals surface area contributed by atoms with Crippen LogP contribution >= 0.6 is 0 Å². The molecule has 0 atom stereocenters. The average molecular weight is 309 g/mol. The number of carbonyl (C=O) groups is 1. The van der Waals surface area contributed by atoms with Crippen LogP contribution in [0, 0.1) is 10.9 Å². The molecule has 0 unspecified atom stereocenters. The summed E-state index contributed by atoms with van der Waals surface area (Å²) in [5, 5.41) is 13.6. The van der Waals surface area contributed by atoms with Crippen LogP contribution in [0.15, 0.2) is 59.6 Å². The van der Waals surface area contributed by atoms with Gasteiger partial charge in [-0.05, 0) is 48.0 Å². The number of nitrogens with one attached hydrogen (secondary N) is 3. The third kappa shape index (κ3) is 4.31. The first kappa shape index (κ1) is 16.0. The molecule has 0 saturated heterocycles. The van der Waals surface area contributed by atoms with Gasteiger partial charge in [0.1, 0.15) is 11.6 Å². The van der Waals surface area contributed by atoms with E-state index in [1.165, 1.54) is 6.08 Å². The maximum atomic E-state index is 12.1. The van der Waals surface area contributed by atoms with Crippen LogP contribution in [0.1, 0.15) is 11.1 Å². The molecule has 0 fully saturated rings. The molecular formula is C16H15N5O2. The first-order valence-corrected chi connectivity index (χ1v) is 6.67. The van der Waals surface area contributed by atoms with Crippen molar-refractivity contribution in [3.8, 4) is 5.75 Å². The lowest BCUT2D eigenvalue weighted by Crippen LogP contribution is -2.31. The van der Waals surface area contributed by atoms with Gasteiger partial charge in [-0.15, -0.1) is 0 Å². The van der Waals surface area contributed by atoms with Crippen molar-refractivity contribution in [2.24, 2.45) is 5.11 Å². The summed E-state index contributed by atoms with van der Waals surface area (Å²) in [4.78, 5) is 16.0. The van der Waals surface area contributed by atoms with Crippen LogP contribution in [-0.2, 0) is 4.79 Å². The van der Waals surface area contributed by atoms with Gasteiger partial charge in [0.2, 0.25) is 0 Å². The molecule has 0 radical (unpaired) electrons. The van der Waals surface area contributed by atoms with Crippen LogP contribution < -0.4 is 10.1 Å². The summed E-state index contributed by atoms with van der Waals surface area (Å²) in [6, 6.07) is 10.1. The van der Waals surface area contributed by atoms with Gasteiger partial charge in [-0.1, -0.05) is 0 Å². The molecule has 7 nitrogen and oxygen atoms in total. The van der Waals surface area contributed by atoms with Gasteiger partial charge in [-0.25, -0.2) is 5.53 Å². The zero-order chi connectivity index (χ0) is 16.7. The number of amidine groups is 1. The van der Waals surface area contributed by atoms with E-state index in [2.05, 4.69) is 15.4 Å². The maximum Gasteiger partial charge on any atom is 0.277 e. The lowest BCUT2D eigenvalue weighted by atomic mass is 10.2. The number of pyridine rings is 1. The highest BCUT2D eigenvalue weighted by Crippen LogP contribution is 2.12. The molecule has 1 aromatic heterocycles. The van der Waals surface area contributed by atoms with Crippen LogP contribution in [0.5, 0.6) is 5.75 Å². The van der Waals surface area contributed by atoms with Crippen molar-refractivity contribution in [3.05, 3.63) is 65.6 Å². The number of hydrogen-bond donors (Lipinski definition) is 3. The molecule has 1 amide bonds. The van der Waals surface area contributed by atoms with Crippen LogP contribution in [0.3, 0.4) is 0 Å². The highest BCUT2D eigenvalue weighted by atomic mass is 16.5.